The first-order valence-electron chi connectivity index (χ1n) is 11.4. The fraction of sp³-hybridized carbons (Fsp3) is 0.440. The molecule has 0 aliphatic heterocycles. The van der Waals surface area contributed by atoms with E-state index in [2.05, 4.69) is 4.99 Å². The van der Waals surface area contributed by atoms with Crippen molar-refractivity contribution >= 4 is 37.5 Å². The van der Waals surface area contributed by atoms with Crippen molar-refractivity contribution in [1.29, 1.82) is 0 Å². The molecule has 0 saturated carbocycles. The number of benzene rings is 2. The molecule has 0 radical (unpaired) electrons. The van der Waals surface area contributed by atoms with Crippen molar-refractivity contribution in [3.05, 3.63) is 46.8 Å². The molecule has 1 heterocycles. The first-order valence-corrected chi connectivity index (χ1v) is 13.6. The van der Waals surface area contributed by atoms with Crippen molar-refractivity contribution < 1.29 is 22.7 Å². The molecule has 8 nitrogen and oxygen atoms in total. The number of aromatic nitrogens is 1. The molecule has 0 N–H and O–H groups in total. The molecule has 2 aromatic carbocycles. The average molecular weight is 520 g/mol. The maximum atomic E-state index is 13.2. The number of ether oxygens (including phenoxy) is 2. The minimum atomic E-state index is -3.67. The van der Waals surface area contributed by atoms with Gasteiger partial charge in [0, 0.05) is 25.7 Å². The summed E-state index contributed by atoms with van der Waals surface area (Å²) in [5.41, 5.74) is 1.08. The molecule has 1 amide bonds. The summed E-state index contributed by atoms with van der Waals surface area (Å²) in [5, 5.41) is 0. The molecule has 10 heteroatoms. The standard InChI is InChI=1S/C25H33N3O5S2/c1-16(2)14-28(15-17(3)4)35(30,31)19-10-8-18(9-11-19)24(29)26-25-27(5)22-20(32-6)12-13-21(33-7)23(22)34-25/h8-13,16-17H,14-15H2,1-7H3. The Labute approximate surface area is 210 Å². The maximum absolute atomic E-state index is 13.2. The number of hydrogen-bond acceptors (Lipinski definition) is 6. The summed E-state index contributed by atoms with van der Waals surface area (Å²) in [6.45, 7) is 8.84. The largest absolute Gasteiger partial charge is 0.495 e. The van der Waals surface area contributed by atoms with Crippen LogP contribution in [0.1, 0.15) is 38.1 Å². The summed E-state index contributed by atoms with van der Waals surface area (Å²) in [4.78, 5) is 17.9. The number of fused-ring (bicyclic) bond motifs is 1. The number of nitrogens with zero attached hydrogens (tertiary/aromatic N) is 3. The number of sulfonamides is 1. The first kappa shape index (κ1) is 26.9. The molecule has 1 aromatic heterocycles. The van der Waals surface area contributed by atoms with Crippen LogP contribution in [-0.2, 0) is 17.1 Å². The average Bonchev–Trinajstić information content (AvgIpc) is 3.13. The van der Waals surface area contributed by atoms with Gasteiger partial charge in [-0.1, -0.05) is 39.0 Å². The fourth-order valence-electron chi connectivity index (χ4n) is 3.78. The van der Waals surface area contributed by atoms with E-state index in [1.807, 2.05) is 33.8 Å². The molecule has 0 fully saturated rings. The molecule has 0 unspecified atom stereocenters. The van der Waals surface area contributed by atoms with E-state index in [9.17, 15) is 13.2 Å². The lowest BCUT2D eigenvalue weighted by Gasteiger charge is -2.25. The van der Waals surface area contributed by atoms with Gasteiger partial charge in [-0.2, -0.15) is 9.30 Å². The zero-order valence-corrected chi connectivity index (χ0v) is 22.9. The number of hydrogen-bond donors (Lipinski definition) is 0. The lowest BCUT2D eigenvalue weighted by atomic mass is 10.2. The van der Waals surface area contributed by atoms with E-state index in [1.54, 1.807) is 31.9 Å². The Bertz CT molecular complexity index is 1360. The highest BCUT2D eigenvalue weighted by molar-refractivity contribution is 7.89. The minimum absolute atomic E-state index is 0.164. The predicted octanol–water partition coefficient (Wildman–Crippen LogP) is 4.30. The summed E-state index contributed by atoms with van der Waals surface area (Å²) in [6.07, 6.45) is 0. The Morgan fingerprint density at radius 1 is 0.971 bits per heavy atom. The highest BCUT2D eigenvalue weighted by atomic mass is 32.2. The Hall–Kier alpha value is -2.69. The van der Waals surface area contributed by atoms with Crippen molar-refractivity contribution in [1.82, 2.24) is 8.87 Å². The van der Waals surface area contributed by atoms with Gasteiger partial charge in [0.2, 0.25) is 10.0 Å². The molecule has 0 atom stereocenters. The van der Waals surface area contributed by atoms with Crippen LogP contribution >= 0.6 is 11.3 Å². The number of methoxy groups -OCH3 is 2. The molecule has 3 aromatic rings. The van der Waals surface area contributed by atoms with E-state index in [1.165, 1.54) is 39.9 Å². The van der Waals surface area contributed by atoms with Crippen LogP contribution in [0, 0.1) is 11.8 Å². The normalized spacial score (nSPS) is 12.8. The van der Waals surface area contributed by atoms with E-state index in [0.29, 0.717) is 35.0 Å². The van der Waals surface area contributed by atoms with Gasteiger partial charge in [0.25, 0.3) is 5.91 Å². The van der Waals surface area contributed by atoms with Gasteiger partial charge in [0.05, 0.1) is 19.1 Å². The van der Waals surface area contributed by atoms with Gasteiger partial charge in [0.15, 0.2) is 4.80 Å². The predicted molar refractivity (Wildman–Crippen MR) is 139 cm³/mol. The van der Waals surface area contributed by atoms with Crippen LogP contribution in [0.15, 0.2) is 46.3 Å². The van der Waals surface area contributed by atoms with Crippen LogP contribution in [-0.4, -0.2) is 50.5 Å². The zero-order chi connectivity index (χ0) is 25.9. The fourth-order valence-corrected chi connectivity index (χ4v) is 6.68. The SMILES string of the molecule is COc1ccc(OC)c2c1sc(=NC(=O)c1ccc(S(=O)(=O)N(CC(C)C)CC(C)C)cc1)n2C. The molecule has 0 aliphatic rings. The van der Waals surface area contributed by atoms with Crippen molar-refractivity contribution in [2.75, 3.05) is 27.3 Å². The third kappa shape index (κ3) is 5.76. The first-order chi connectivity index (χ1) is 16.5. The Morgan fingerprint density at radius 3 is 2.03 bits per heavy atom. The smallest absolute Gasteiger partial charge is 0.279 e. The van der Waals surface area contributed by atoms with Crippen LogP contribution in [0.2, 0.25) is 0 Å². The minimum Gasteiger partial charge on any atom is -0.495 e. The lowest BCUT2D eigenvalue weighted by molar-refractivity contribution is 0.0998. The number of thiazole rings is 1. The third-order valence-electron chi connectivity index (χ3n) is 5.39. The molecule has 3 rings (SSSR count). The van der Waals surface area contributed by atoms with Crippen LogP contribution in [0.3, 0.4) is 0 Å². The molecule has 0 spiro atoms. The molecule has 0 aliphatic carbocycles. The summed E-state index contributed by atoms with van der Waals surface area (Å²) in [5.74, 6) is 1.24. The number of carbonyl (C=O) groups excluding carboxylic acids is 1. The van der Waals surface area contributed by atoms with Crippen LogP contribution < -0.4 is 14.3 Å². The van der Waals surface area contributed by atoms with E-state index < -0.39 is 15.9 Å². The maximum Gasteiger partial charge on any atom is 0.279 e. The number of aryl methyl sites for hydroxylation is 1. The Morgan fingerprint density at radius 2 is 1.51 bits per heavy atom. The van der Waals surface area contributed by atoms with Crippen LogP contribution in [0.25, 0.3) is 10.2 Å². The van der Waals surface area contributed by atoms with Crippen molar-refractivity contribution in [3.8, 4) is 11.5 Å². The zero-order valence-electron chi connectivity index (χ0n) is 21.2. The van der Waals surface area contributed by atoms with Gasteiger partial charge in [-0.05, 0) is 48.2 Å². The third-order valence-corrected chi connectivity index (χ3v) is 8.38. The number of carbonyl (C=O) groups is 1. The summed E-state index contributed by atoms with van der Waals surface area (Å²) in [6, 6.07) is 9.59. The Balaban J connectivity index is 1.96. The van der Waals surface area contributed by atoms with Gasteiger partial charge in [-0.3, -0.25) is 4.79 Å². The monoisotopic (exact) mass is 519 g/mol. The summed E-state index contributed by atoms with van der Waals surface area (Å²) < 4.78 is 41.5. The highest BCUT2D eigenvalue weighted by Crippen LogP contribution is 2.34. The van der Waals surface area contributed by atoms with Crippen molar-refractivity contribution in [2.24, 2.45) is 23.9 Å². The van der Waals surface area contributed by atoms with Gasteiger partial charge in [0.1, 0.15) is 21.7 Å². The molecular formula is C25H33N3O5S2. The molecule has 190 valence electrons. The van der Waals surface area contributed by atoms with Gasteiger partial charge in [-0.15, -0.1) is 0 Å². The van der Waals surface area contributed by atoms with Crippen molar-refractivity contribution in [2.45, 2.75) is 32.6 Å². The topological polar surface area (TPSA) is 90.2 Å². The number of rotatable bonds is 9. The van der Waals surface area contributed by atoms with Gasteiger partial charge < -0.3 is 14.0 Å². The van der Waals surface area contributed by atoms with E-state index >= 15 is 0 Å². The molecular weight excluding hydrogens is 486 g/mol. The summed E-state index contributed by atoms with van der Waals surface area (Å²) >= 11 is 1.32. The molecule has 0 saturated heterocycles. The van der Waals surface area contributed by atoms with Gasteiger partial charge >= 0.3 is 0 Å². The lowest BCUT2D eigenvalue weighted by Crippen LogP contribution is -2.37. The van der Waals surface area contributed by atoms with E-state index in [-0.39, 0.29) is 16.7 Å². The van der Waals surface area contributed by atoms with E-state index in [0.717, 1.165) is 10.2 Å². The molecule has 35 heavy (non-hydrogen) atoms. The quantitative estimate of drug-likeness (QED) is 0.420. The van der Waals surface area contributed by atoms with Crippen LogP contribution in [0.4, 0.5) is 0 Å². The van der Waals surface area contributed by atoms with Gasteiger partial charge in [-0.25, -0.2) is 8.42 Å². The second-order valence-electron chi connectivity index (χ2n) is 9.14. The molecule has 0 bridgehead atoms. The number of amides is 1. The summed E-state index contributed by atoms with van der Waals surface area (Å²) in [7, 11) is 1.30. The van der Waals surface area contributed by atoms with E-state index in [4.69, 9.17) is 9.47 Å². The second kappa shape index (κ2) is 10.9. The van der Waals surface area contributed by atoms with Crippen LogP contribution in [0.5, 0.6) is 11.5 Å². The highest BCUT2D eigenvalue weighted by Gasteiger charge is 2.26. The second-order valence-corrected chi connectivity index (χ2v) is 12.1. The van der Waals surface area contributed by atoms with Crippen molar-refractivity contribution in [3.63, 3.8) is 0 Å². The Kier molecular flexibility index (Phi) is 8.40.